The van der Waals surface area contributed by atoms with Gasteiger partial charge in [0.25, 0.3) is 0 Å². The number of benzene rings is 6. The molecule has 12 aromatic heterocycles. The van der Waals surface area contributed by atoms with Crippen molar-refractivity contribution in [1.29, 1.82) is 0 Å². The maximum atomic E-state index is 13.3. The van der Waals surface area contributed by atoms with Crippen molar-refractivity contribution in [2.24, 2.45) is 0 Å². The van der Waals surface area contributed by atoms with E-state index in [0.717, 1.165) is 74.7 Å². The number of nitrogens with zero attached hydrogens (tertiary/aromatic N) is 18. The van der Waals surface area contributed by atoms with E-state index in [1.807, 2.05) is 13.8 Å². The number of carbonyl (C=O) groups is 6. The van der Waals surface area contributed by atoms with Crippen LogP contribution in [0.4, 0.5) is 0 Å². The van der Waals surface area contributed by atoms with Crippen molar-refractivity contribution in [2.75, 3.05) is 83.9 Å². The molecule has 708 valence electrons. The SMILES string of the molecule is [2H]C([2H])(C(=O)N(C([2H])([2H])[2H])C([2H])([2H])[2H])c1c(-c2ccc(C)cc2)nc2ccc(C)cn12.[2H]C([2H])([2H])c1ccc(-c2nc3ccc(C([2H])([2H])[2H])cn3c2C([2H])([2H])C(=O)N(C([2H])([2H])[2H])C([2H])([2H])[2H])cc1.[2H]C([2H])([2H])c1ccc(-c2nc3ccc(C)cn3c2C([2H])([2H])C(=O)N(C([2H])([2H])[2H])C([2H])([2H])[2H])cc1.[2H]C([2H])([2H])c1ccc2nc(-c3ccc(C)cc3)c(C([2H])([2H])C(=O)N(C([2H])([2H])[2H])C([2H])([2H])[2H])n2c1.[2H]c1c([2H])c(C([2H])([2H])[2H])c([2H])c([2H])c1-c1nc2ccc(C([2H])([2H])[2H])cn2c1C([2H])([2H])C(=O)N(C)C([2H])([2H])[2H].[2H]c1c([2H])c(C([2H])([2H])[2H])c([2H])c([2H])c1-c1nc2ccc(C)cn2c1C([2H])([2H])C(=O)N(C)C([2H])([2H])[2H]. The number of fused-ring (bicyclic) bond motifs is 6. The highest BCUT2D eigenvalue weighted by Crippen LogP contribution is 2.34. The summed E-state index contributed by atoms with van der Waals surface area (Å²) in [5.41, 5.74) is -2.24. The molecule has 18 aromatic rings. The van der Waals surface area contributed by atoms with Crippen LogP contribution in [-0.2, 0) is 67.0 Å². The van der Waals surface area contributed by atoms with Crippen molar-refractivity contribution in [1.82, 2.24) is 85.7 Å². The summed E-state index contributed by atoms with van der Waals surface area (Å²) in [5, 5.41) is 0. The molecule has 0 N–H and O–H groups in total. The number of likely N-dealkylation sites (N-methyl/N-ethyl adjacent to an activating group) is 6. The van der Waals surface area contributed by atoms with Gasteiger partial charge in [0, 0.05) is 241 Å². The number of aryl methyl sites for hydroxylation is 10. The third-order valence-electron chi connectivity index (χ3n) is 19.6. The highest BCUT2D eigenvalue weighted by molar-refractivity contribution is 5.87. The van der Waals surface area contributed by atoms with E-state index in [4.69, 9.17) is 97.3 Å². The normalized spacial score (nSPS) is 20.7. The van der Waals surface area contributed by atoms with Gasteiger partial charge in [0.15, 0.2) is 0 Å². The van der Waals surface area contributed by atoms with Crippen molar-refractivity contribution < 1.29 is 126 Å². The first-order valence-electron chi connectivity index (χ1n) is 75.8. The topological polar surface area (TPSA) is 226 Å². The predicted octanol–water partition coefficient (Wildman–Crippen LogP) is 19.5. The van der Waals surface area contributed by atoms with Crippen molar-refractivity contribution in [3.63, 3.8) is 0 Å². The minimum absolute atomic E-state index is 0.0242. The number of carbonyl (C=O) groups excluding carboxylic acids is 6. The van der Waals surface area contributed by atoms with Gasteiger partial charge in [0.2, 0.25) is 35.4 Å². The van der Waals surface area contributed by atoms with E-state index in [1.54, 1.807) is 106 Å². The molecule has 0 unspecified atom stereocenters. The van der Waals surface area contributed by atoms with Crippen molar-refractivity contribution in [2.45, 2.75) is 121 Å². The van der Waals surface area contributed by atoms with Crippen LogP contribution in [0.3, 0.4) is 0 Å². The third-order valence-corrected chi connectivity index (χ3v) is 19.6. The van der Waals surface area contributed by atoms with Crippen LogP contribution in [0.1, 0.15) is 198 Å². The molecule has 6 amide bonds. The lowest BCUT2D eigenvalue weighted by Gasteiger charge is -2.11. The number of pyridine rings is 6. The van der Waals surface area contributed by atoms with Crippen molar-refractivity contribution in [3.05, 3.63) is 356 Å². The number of hydrogen-bond acceptors (Lipinski definition) is 12. The molecule has 138 heavy (non-hydrogen) atoms. The molecule has 24 nitrogen and oxygen atoms in total. The molecule has 0 atom stereocenters. The van der Waals surface area contributed by atoms with E-state index in [9.17, 15) is 28.8 Å². The average molecular weight is 1920 g/mol. The van der Waals surface area contributed by atoms with Gasteiger partial charge in [-0.25, -0.2) is 29.9 Å². The zero-order chi connectivity index (χ0) is 160. The van der Waals surface area contributed by atoms with Gasteiger partial charge in [0.1, 0.15) is 33.9 Å². The Morgan fingerprint density at radius 1 is 0.225 bits per heavy atom. The number of rotatable bonds is 18. The Labute approximate surface area is 909 Å². The summed E-state index contributed by atoms with van der Waals surface area (Å²) >= 11 is 0. The molecule has 0 bridgehead atoms. The van der Waals surface area contributed by atoms with Crippen LogP contribution in [0.5, 0.6) is 0 Å². The van der Waals surface area contributed by atoms with Gasteiger partial charge >= 0.3 is 0 Å². The Kier molecular flexibility index (Phi) is 13.5. The lowest BCUT2D eigenvalue weighted by Crippen LogP contribution is -2.24. The summed E-state index contributed by atoms with van der Waals surface area (Å²) in [6.07, 6.45) is -11.5. The Bertz CT molecular complexity index is 10600. The number of imidazole rings is 6. The molecule has 0 aliphatic carbocycles. The lowest BCUT2D eigenvalue weighted by molar-refractivity contribution is -0.128. The summed E-state index contributed by atoms with van der Waals surface area (Å²) in [4.78, 5) is 103. The van der Waals surface area contributed by atoms with Crippen LogP contribution in [0.15, 0.2) is 255 Å². The maximum absolute atomic E-state index is 13.3. The first-order chi connectivity index (χ1) is 94.2. The van der Waals surface area contributed by atoms with Gasteiger partial charge in [-0.15, -0.1) is 0 Å². The van der Waals surface area contributed by atoms with Gasteiger partial charge < -0.3 is 55.8 Å². The molecule has 0 saturated heterocycles. The van der Waals surface area contributed by atoms with Gasteiger partial charge in [-0.1, -0.05) is 215 Å². The third kappa shape index (κ3) is 24.1. The Morgan fingerprint density at radius 3 is 0.601 bits per heavy atom. The minimum atomic E-state index is -3.54. The predicted molar refractivity (Wildman–Crippen MR) is 555 cm³/mol. The molecule has 0 fully saturated rings. The van der Waals surface area contributed by atoms with E-state index in [-0.39, 0.29) is 116 Å². The van der Waals surface area contributed by atoms with Crippen LogP contribution in [-0.4, -0.2) is 205 Å². The summed E-state index contributed by atoms with van der Waals surface area (Å²) in [5.74, 6) is -10.3. The molecular formula is C114H126N18O6. The van der Waals surface area contributed by atoms with Crippen LogP contribution in [0, 0.1) is 82.6 Å². The van der Waals surface area contributed by atoms with Crippen molar-refractivity contribution in [3.8, 4) is 67.5 Å². The monoisotopic (exact) mass is 1910 g/mol. The largest absolute Gasteiger partial charge is 0.348 e. The fraction of sp³-hybridized carbons (Fsp3) is 0.263. The second-order valence-electron chi connectivity index (χ2n) is 30.0. The fourth-order valence-electron chi connectivity index (χ4n) is 13.0. The highest BCUT2D eigenvalue weighted by Gasteiger charge is 2.26. The molecule has 24 heteroatoms. The fourth-order valence-corrected chi connectivity index (χ4v) is 13.0. The average Bonchev–Trinajstić information content (AvgIpc) is 1.58. The molecule has 6 aromatic carbocycles. The molecule has 0 saturated carbocycles. The number of hydrogen-bond donors (Lipinski definition) is 0. The molecule has 12 heterocycles. The molecule has 0 aliphatic rings. The van der Waals surface area contributed by atoms with Gasteiger partial charge in [0.05, 0.1) is 118 Å². The van der Waals surface area contributed by atoms with Crippen molar-refractivity contribution >= 4 is 69.3 Å². The molecular weight excluding hydrogens is 1720 g/mol. The van der Waals surface area contributed by atoms with E-state index >= 15 is 0 Å². The Hall–Kier alpha value is -15.7. The first kappa shape index (κ1) is 42.7. The Balaban J connectivity index is 0.000000200. The highest BCUT2D eigenvalue weighted by atomic mass is 16.2. The minimum Gasteiger partial charge on any atom is -0.348 e. The zero-order valence-corrected chi connectivity index (χ0v) is 73.6. The molecule has 0 aliphatic heterocycles. The van der Waals surface area contributed by atoms with Crippen LogP contribution < -0.4 is 0 Å². The lowest BCUT2D eigenvalue weighted by atomic mass is 10.1. The smallest absolute Gasteiger partial charge is 0.228 e. The van der Waals surface area contributed by atoms with Gasteiger partial charge in [-0.2, -0.15) is 0 Å². The van der Waals surface area contributed by atoms with Gasteiger partial charge in [-0.3, -0.25) is 28.8 Å². The second-order valence-corrected chi connectivity index (χ2v) is 30.0. The van der Waals surface area contributed by atoms with E-state index in [0.29, 0.717) is 27.9 Å². The van der Waals surface area contributed by atoms with Crippen LogP contribution >= 0.6 is 0 Å². The number of amides is 6. The molecule has 0 spiro atoms. The van der Waals surface area contributed by atoms with Gasteiger partial charge in [-0.05, 0) is 152 Å². The standard InChI is InChI=1S/6C19H21N3O/c6*1-13-5-8-15(9-6-13)19-16(11-18(23)21(3)4)22-12-14(2)7-10-17(22)20-19/h6*5-10,12H,11H2,1-4H3/i1D3,2D3,3D3,5D,6D,8D,9D,11D2;1D3,3D3,5D,6D,8D,9D,11D2;1D3,2D3,3D3,4D3,11D2;2D3,3D3,4D3,11D2;1D3,3D3,4D3,11D2;3D3,4D3,11D2. The second kappa shape index (κ2) is 43.7. The van der Waals surface area contributed by atoms with E-state index < -0.39 is 311 Å². The molecule has 18 rings (SSSR count). The zero-order valence-electron chi connectivity index (χ0n) is 145. The Morgan fingerprint density at radius 2 is 0.399 bits per heavy atom. The molecule has 0 radical (unpaired) electrons. The van der Waals surface area contributed by atoms with Crippen LogP contribution in [0.2, 0.25) is 0 Å². The summed E-state index contributed by atoms with van der Waals surface area (Å²) in [6, 6.07) is 34.3. The first-order valence-corrected chi connectivity index (χ1v) is 40.3. The number of aromatic nitrogens is 12. The maximum Gasteiger partial charge on any atom is 0.228 e. The summed E-state index contributed by atoms with van der Waals surface area (Å²) < 4.78 is 561. The van der Waals surface area contributed by atoms with E-state index in [1.165, 1.54) is 104 Å². The van der Waals surface area contributed by atoms with Crippen LogP contribution in [0.25, 0.3) is 101 Å². The summed E-state index contributed by atoms with van der Waals surface area (Å²) in [6.45, 7) is -43.5. The van der Waals surface area contributed by atoms with E-state index in [2.05, 4.69) is 29.9 Å². The summed E-state index contributed by atoms with van der Waals surface area (Å²) in [7, 11) is 1.73. The quantitative estimate of drug-likeness (QED) is 0.0782.